The highest BCUT2D eigenvalue weighted by Gasteiger charge is 2.32. The minimum absolute atomic E-state index is 0.0254. The lowest BCUT2D eigenvalue weighted by Gasteiger charge is -2.25. The van der Waals surface area contributed by atoms with Gasteiger partial charge in [-0.05, 0) is 42.2 Å². The van der Waals surface area contributed by atoms with E-state index < -0.39 is 6.23 Å². The molecule has 0 saturated carbocycles. The van der Waals surface area contributed by atoms with E-state index in [0.717, 1.165) is 35.5 Å². The Morgan fingerprint density at radius 3 is 3.13 bits per heavy atom. The summed E-state index contributed by atoms with van der Waals surface area (Å²) in [6.45, 7) is 2.80. The summed E-state index contributed by atoms with van der Waals surface area (Å²) in [4.78, 5) is 6.40. The first-order valence-electron chi connectivity index (χ1n) is 10.4. The van der Waals surface area contributed by atoms with E-state index in [0.29, 0.717) is 31.8 Å². The molecule has 1 aliphatic carbocycles. The van der Waals surface area contributed by atoms with Gasteiger partial charge < -0.3 is 19.7 Å². The fourth-order valence-corrected chi connectivity index (χ4v) is 4.42. The number of benzene rings is 1. The largest absolute Gasteiger partial charge is 0.460 e. The first-order chi connectivity index (χ1) is 14.7. The van der Waals surface area contributed by atoms with Gasteiger partial charge in [-0.1, -0.05) is 18.2 Å². The van der Waals surface area contributed by atoms with Crippen LogP contribution in [0.1, 0.15) is 24.1 Å². The minimum atomic E-state index is -0.536. The smallest absolute Gasteiger partial charge is 0.127 e. The molecule has 2 aliphatic heterocycles. The summed E-state index contributed by atoms with van der Waals surface area (Å²) < 4.78 is 8.29. The van der Waals surface area contributed by atoms with Crippen LogP contribution in [-0.2, 0) is 19.6 Å². The molecule has 6 bridgehead atoms. The Labute approximate surface area is 175 Å². The molecule has 4 atom stereocenters. The summed E-state index contributed by atoms with van der Waals surface area (Å²) >= 11 is 0. The quantitative estimate of drug-likeness (QED) is 0.702. The van der Waals surface area contributed by atoms with Crippen molar-refractivity contribution in [2.75, 3.05) is 6.54 Å². The predicted molar refractivity (Wildman–Crippen MR) is 111 cm³/mol. The van der Waals surface area contributed by atoms with Crippen LogP contribution in [0.3, 0.4) is 0 Å². The number of imidazole rings is 1. The molecule has 30 heavy (non-hydrogen) atoms. The monoisotopic (exact) mass is 403 g/mol. The lowest BCUT2D eigenvalue weighted by atomic mass is 9.95. The Morgan fingerprint density at radius 2 is 2.23 bits per heavy atom. The van der Waals surface area contributed by atoms with Gasteiger partial charge in [0.1, 0.15) is 23.7 Å². The summed E-state index contributed by atoms with van der Waals surface area (Å²) in [5, 5.41) is 23.9. The zero-order valence-electron chi connectivity index (χ0n) is 16.7. The summed E-state index contributed by atoms with van der Waals surface area (Å²) in [5.41, 5.74) is 3.25. The lowest BCUT2D eigenvalue weighted by Crippen LogP contribution is -2.42. The van der Waals surface area contributed by atoms with Gasteiger partial charge in [0.15, 0.2) is 0 Å². The molecule has 1 aromatic carbocycles. The fraction of sp³-hybridized carbons (Fsp3) is 0.391. The summed E-state index contributed by atoms with van der Waals surface area (Å²) in [6.07, 6.45) is 8.79. The third-order valence-corrected chi connectivity index (χ3v) is 6.12. The second-order valence-electron chi connectivity index (χ2n) is 8.17. The Hall–Kier alpha value is -2.92. The number of ether oxygens (including phenoxy) is 1. The number of nitrogens with one attached hydrogen (secondary N) is 1. The number of aromatic nitrogens is 2. The standard InChI is InChI=1S/C23H25N5O2/c24-10-18-5-4-17-9-22(18)30-20-3-1-2-16(8-20)13-27-7-6-21(23(27)29)26-12-19-11-25-15-28(19)14-17/h1-4,8-9,11,15,18,21,23,26,29H,5-7,12-14H2/t18?,21-,23?/m1/s1. The molecule has 0 radical (unpaired) electrons. The molecule has 0 spiro atoms. The molecule has 1 saturated heterocycles. The molecule has 7 nitrogen and oxygen atoms in total. The third-order valence-electron chi connectivity index (χ3n) is 6.12. The maximum absolute atomic E-state index is 10.8. The van der Waals surface area contributed by atoms with Gasteiger partial charge in [0.2, 0.25) is 0 Å². The average Bonchev–Trinajstić information content (AvgIpc) is 3.33. The van der Waals surface area contributed by atoms with Crippen LogP contribution in [-0.4, -0.2) is 38.4 Å². The number of rotatable bonds is 0. The van der Waals surface area contributed by atoms with Crippen molar-refractivity contribution in [3.05, 3.63) is 71.5 Å². The molecule has 2 aromatic rings. The van der Waals surface area contributed by atoms with Crippen LogP contribution in [0.4, 0.5) is 0 Å². The van der Waals surface area contributed by atoms with Crippen molar-refractivity contribution in [2.45, 2.75) is 44.7 Å². The van der Waals surface area contributed by atoms with Gasteiger partial charge >= 0.3 is 0 Å². The number of aliphatic hydroxyl groups is 1. The number of hydrogen-bond acceptors (Lipinski definition) is 6. The molecule has 3 unspecified atom stereocenters. The first-order valence-corrected chi connectivity index (χ1v) is 10.4. The Kier molecular flexibility index (Phi) is 5.13. The molecular weight excluding hydrogens is 378 g/mol. The zero-order valence-corrected chi connectivity index (χ0v) is 16.7. The summed E-state index contributed by atoms with van der Waals surface area (Å²) in [5.74, 6) is 1.11. The van der Waals surface area contributed by atoms with Crippen molar-refractivity contribution in [2.24, 2.45) is 5.92 Å². The van der Waals surface area contributed by atoms with Crippen molar-refractivity contribution in [1.29, 1.82) is 5.26 Å². The molecule has 1 fully saturated rings. The predicted octanol–water partition coefficient (Wildman–Crippen LogP) is 2.31. The van der Waals surface area contributed by atoms with Crippen molar-refractivity contribution in [1.82, 2.24) is 19.8 Å². The Morgan fingerprint density at radius 1 is 1.30 bits per heavy atom. The number of fused-ring (bicyclic) bond motifs is 6. The molecule has 1 aromatic heterocycles. The topological polar surface area (TPSA) is 86.3 Å². The van der Waals surface area contributed by atoms with Crippen molar-refractivity contribution >= 4 is 0 Å². The summed E-state index contributed by atoms with van der Waals surface area (Å²) in [6, 6.07) is 10.3. The van der Waals surface area contributed by atoms with E-state index in [1.54, 1.807) is 0 Å². The van der Waals surface area contributed by atoms with Crippen LogP contribution >= 0.6 is 0 Å². The number of nitriles is 1. The Bertz CT molecular complexity index is 1030. The summed E-state index contributed by atoms with van der Waals surface area (Å²) in [7, 11) is 0. The van der Waals surface area contributed by atoms with Gasteiger partial charge in [-0.3, -0.25) is 4.90 Å². The van der Waals surface area contributed by atoms with E-state index in [9.17, 15) is 10.4 Å². The zero-order chi connectivity index (χ0) is 20.5. The van der Waals surface area contributed by atoms with Gasteiger partial charge in [-0.25, -0.2) is 4.98 Å². The number of allylic oxidation sites excluding steroid dienone is 4. The van der Waals surface area contributed by atoms with Crippen molar-refractivity contribution in [3.8, 4) is 11.8 Å². The molecule has 2 N–H and O–H groups in total. The SMILES string of the molecule is N#CC1CC=C2C=C1Oc1cccc(c1)CN1CC[C@@H](NCc3cncn3C2)C1O. The van der Waals surface area contributed by atoms with Gasteiger partial charge in [0.25, 0.3) is 0 Å². The van der Waals surface area contributed by atoms with Crippen LogP contribution in [0.5, 0.6) is 5.75 Å². The van der Waals surface area contributed by atoms with Crippen molar-refractivity contribution < 1.29 is 9.84 Å². The van der Waals surface area contributed by atoms with Crippen LogP contribution in [0.25, 0.3) is 0 Å². The van der Waals surface area contributed by atoms with Crippen LogP contribution < -0.4 is 10.1 Å². The highest BCUT2D eigenvalue weighted by molar-refractivity contribution is 5.35. The van der Waals surface area contributed by atoms with Crippen LogP contribution in [0, 0.1) is 17.2 Å². The van der Waals surface area contributed by atoms with E-state index in [4.69, 9.17) is 4.74 Å². The van der Waals surface area contributed by atoms with E-state index in [1.165, 1.54) is 0 Å². The maximum Gasteiger partial charge on any atom is 0.127 e. The lowest BCUT2D eigenvalue weighted by molar-refractivity contribution is 0.0146. The van der Waals surface area contributed by atoms with E-state index >= 15 is 0 Å². The Balaban J connectivity index is 1.51. The van der Waals surface area contributed by atoms with E-state index in [-0.39, 0.29) is 12.0 Å². The third kappa shape index (κ3) is 3.77. The number of nitrogens with zero attached hydrogens (tertiary/aromatic N) is 4. The molecule has 7 heteroatoms. The first kappa shape index (κ1) is 19.1. The normalized spacial score (nSPS) is 28.5. The van der Waals surface area contributed by atoms with E-state index in [2.05, 4.69) is 31.9 Å². The number of aliphatic hydroxyl groups excluding tert-OH is 1. The van der Waals surface area contributed by atoms with E-state index in [1.807, 2.05) is 42.9 Å². The highest BCUT2D eigenvalue weighted by atomic mass is 16.5. The maximum atomic E-state index is 10.8. The molecule has 5 rings (SSSR count). The van der Waals surface area contributed by atoms with Gasteiger partial charge in [0, 0.05) is 38.4 Å². The second kappa shape index (κ2) is 8.07. The number of hydrogen-bond donors (Lipinski definition) is 2. The van der Waals surface area contributed by atoms with Gasteiger partial charge in [0.05, 0.1) is 18.1 Å². The average molecular weight is 403 g/mol. The molecule has 3 heterocycles. The second-order valence-corrected chi connectivity index (χ2v) is 8.17. The minimum Gasteiger partial charge on any atom is -0.460 e. The van der Waals surface area contributed by atoms with Crippen LogP contribution in [0.15, 0.2) is 60.3 Å². The fourth-order valence-electron chi connectivity index (χ4n) is 4.42. The highest BCUT2D eigenvalue weighted by Crippen LogP contribution is 2.29. The van der Waals surface area contributed by atoms with Gasteiger partial charge in [-0.15, -0.1) is 0 Å². The van der Waals surface area contributed by atoms with Crippen molar-refractivity contribution in [3.63, 3.8) is 0 Å². The molecular formula is C23H25N5O2. The molecule has 154 valence electrons. The van der Waals surface area contributed by atoms with Crippen LogP contribution in [0.2, 0.25) is 0 Å². The molecule has 3 aliphatic rings. The van der Waals surface area contributed by atoms with Gasteiger partial charge in [-0.2, -0.15) is 5.26 Å². The molecule has 0 amide bonds.